The summed E-state index contributed by atoms with van der Waals surface area (Å²) in [5, 5.41) is 12.8. The third-order valence-corrected chi connectivity index (χ3v) is 5.47. The second kappa shape index (κ2) is 12.7. The van der Waals surface area contributed by atoms with Crippen LogP contribution in [-0.4, -0.2) is 51.8 Å². The van der Waals surface area contributed by atoms with Crippen molar-refractivity contribution in [2.45, 2.75) is 85.0 Å². The summed E-state index contributed by atoms with van der Waals surface area (Å²) in [5.41, 5.74) is -0.446. The summed E-state index contributed by atoms with van der Waals surface area (Å²) in [5.74, 6) is 2.17. The number of esters is 1. The number of ether oxygens (including phenoxy) is 2. The standard InChI is InChI=1S/C23H36N2O5S/c1-8-10-11-12-13-25(22(28)30-23(5,6)7)18(16(3)4)14-19(26)20-24-17(15-31-20)21(27)29-9-2/h1,15-16,18-19,26H,9-14H2,2-7H3. The molecule has 7 nitrogen and oxygen atoms in total. The van der Waals surface area contributed by atoms with Crippen molar-refractivity contribution in [1.82, 2.24) is 9.88 Å². The van der Waals surface area contributed by atoms with E-state index >= 15 is 0 Å². The lowest BCUT2D eigenvalue weighted by atomic mass is 9.96. The monoisotopic (exact) mass is 452 g/mol. The number of aliphatic hydroxyl groups excluding tert-OH is 1. The fourth-order valence-electron chi connectivity index (χ4n) is 3.05. The number of aliphatic hydroxyl groups is 1. The lowest BCUT2D eigenvalue weighted by molar-refractivity contribution is 0.00263. The van der Waals surface area contributed by atoms with Gasteiger partial charge in [-0.25, -0.2) is 14.6 Å². The predicted molar refractivity (Wildman–Crippen MR) is 122 cm³/mol. The topological polar surface area (TPSA) is 89.0 Å². The van der Waals surface area contributed by atoms with Crippen molar-refractivity contribution in [2.24, 2.45) is 5.92 Å². The molecule has 1 rings (SSSR count). The maximum atomic E-state index is 13.0. The van der Waals surface area contributed by atoms with Crippen molar-refractivity contribution in [3.63, 3.8) is 0 Å². The second-order valence-corrected chi connectivity index (χ2v) is 9.58. The number of carbonyl (C=O) groups is 2. The quantitative estimate of drug-likeness (QED) is 0.294. The van der Waals surface area contributed by atoms with E-state index in [9.17, 15) is 14.7 Å². The van der Waals surface area contributed by atoms with E-state index in [-0.39, 0.29) is 30.7 Å². The maximum absolute atomic E-state index is 13.0. The number of aromatic nitrogens is 1. The Labute approximate surface area is 190 Å². The molecule has 1 aromatic heterocycles. The lowest BCUT2D eigenvalue weighted by Crippen LogP contribution is -2.47. The first-order chi connectivity index (χ1) is 14.5. The van der Waals surface area contributed by atoms with Crippen LogP contribution < -0.4 is 0 Å². The van der Waals surface area contributed by atoms with Crippen LogP contribution in [0.2, 0.25) is 0 Å². The molecule has 0 radical (unpaired) electrons. The molecule has 0 aromatic carbocycles. The number of nitrogens with zero attached hydrogens (tertiary/aromatic N) is 2. The number of thiazole rings is 1. The molecule has 0 aliphatic heterocycles. The molecular formula is C23H36N2O5S. The van der Waals surface area contributed by atoms with Crippen LogP contribution in [0.4, 0.5) is 4.79 Å². The van der Waals surface area contributed by atoms with Crippen molar-refractivity contribution in [2.75, 3.05) is 13.2 Å². The highest BCUT2D eigenvalue weighted by Gasteiger charge is 2.32. The lowest BCUT2D eigenvalue weighted by Gasteiger charge is -2.36. The van der Waals surface area contributed by atoms with Gasteiger partial charge in [0.15, 0.2) is 5.69 Å². The van der Waals surface area contributed by atoms with Gasteiger partial charge in [0.25, 0.3) is 0 Å². The highest BCUT2D eigenvalue weighted by molar-refractivity contribution is 7.09. The number of carbonyl (C=O) groups excluding carboxylic acids is 2. The molecule has 0 aliphatic carbocycles. The molecule has 0 saturated carbocycles. The fraction of sp³-hybridized carbons (Fsp3) is 0.696. The van der Waals surface area contributed by atoms with Gasteiger partial charge in [0.05, 0.1) is 6.61 Å². The smallest absolute Gasteiger partial charge is 0.410 e. The average molecular weight is 453 g/mol. The number of hydrogen-bond acceptors (Lipinski definition) is 7. The molecule has 1 aromatic rings. The van der Waals surface area contributed by atoms with Crippen molar-refractivity contribution < 1.29 is 24.2 Å². The van der Waals surface area contributed by atoms with E-state index in [1.807, 2.05) is 34.6 Å². The van der Waals surface area contributed by atoms with Crippen LogP contribution in [0.25, 0.3) is 0 Å². The number of terminal acetylenes is 1. The van der Waals surface area contributed by atoms with Gasteiger partial charge in [0.2, 0.25) is 0 Å². The van der Waals surface area contributed by atoms with E-state index in [4.69, 9.17) is 15.9 Å². The molecule has 31 heavy (non-hydrogen) atoms. The Bertz CT molecular complexity index is 748. The molecule has 0 aliphatic rings. The van der Waals surface area contributed by atoms with Gasteiger partial charge in [-0.2, -0.15) is 0 Å². The Morgan fingerprint density at radius 3 is 2.55 bits per heavy atom. The zero-order chi connectivity index (χ0) is 23.6. The maximum Gasteiger partial charge on any atom is 0.410 e. The van der Waals surface area contributed by atoms with Gasteiger partial charge in [0.1, 0.15) is 16.7 Å². The third kappa shape index (κ3) is 9.28. The van der Waals surface area contributed by atoms with E-state index < -0.39 is 23.8 Å². The molecule has 1 amide bonds. The minimum atomic E-state index is -0.920. The Morgan fingerprint density at radius 1 is 1.32 bits per heavy atom. The second-order valence-electron chi connectivity index (χ2n) is 8.69. The Balaban J connectivity index is 3.01. The minimum absolute atomic E-state index is 0.0688. The van der Waals surface area contributed by atoms with Crippen LogP contribution >= 0.6 is 11.3 Å². The van der Waals surface area contributed by atoms with Gasteiger partial charge in [-0.15, -0.1) is 23.7 Å². The number of rotatable bonds is 11. The molecule has 2 unspecified atom stereocenters. The van der Waals surface area contributed by atoms with Gasteiger partial charge in [-0.1, -0.05) is 13.8 Å². The summed E-state index contributed by atoms with van der Waals surface area (Å²) in [6, 6.07) is -0.273. The Morgan fingerprint density at radius 2 is 2.00 bits per heavy atom. The number of unbranched alkanes of at least 4 members (excludes halogenated alkanes) is 2. The summed E-state index contributed by atoms with van der Waals surface area (Å²) in [4.78, 5) is 30.7. The summed E-state index contributed by atoms with van der Waals surface area (Å²) < 4.78 is 10.6. The van der Waals surface area contributed by atoms with Crippen LogP contribution in [0.1, 0.15) is 88.8 Å². The highest BCUT2D eigenvalue weighted by atomic mass is 32.1. The number of amides is 1. The van der Waals surface area contributed by atoms with E-state index in [1.54, 1.807) is 17.2 Å². The molecule has 1 N–H and O–H groups in total. The zero-order valence-corrected chi connectivity index (χ0v) is 20.3. The molecule has 0 fully saturated rings. The van der Waals surface area contributed by atoms with Gasteiger partial charge in [-0.05, 0) is 46.5 Å². The molecule has 0 bridgehead atoms. The normalized spacial score (nSPS) is 13.4. The number of hydrogen-bond donors (Lipinski definition) is 1. The first kappa shape index (κ1) is 26.9. The SMILES string of the molecule is C#CCCCCN(C(=O)OC(C)(C)C)C(CC(O)c1nc(C(=O)OCC)cs1)C(C)C. The van der Waals surface area contributed by atoms with Crippen LogP contribution in [0.5, 0.6) is 0 Å². The van der Waals surface area contributed by atoms with E-state index in [1.165, 1.54) is 11.3 Å². The van der Waals surface area contributed by atoms with Gasteiger partial charge in [0, 0.05) is 30.8 Å². The van der Waals surface area contributed by atoms with Crippen molar-refractivity contribution >= 4 is 23.4 Å². The van der Waals surface area contributed by atoms with Crippen LogP contribution in [0.3, 0.4) is 0 Å². The largest absolute Gasteiger partial charge is 0.461 e. The zero-order valence-electron chi connectivity index (χ0n) is 19.5. The van der Waals surface area contributed by atoms with Crippen LogP contribution in [0, 0.1) is 18.3 Å². The van der Waals surface area contributed by atoms with Gasteiger partial charge in [-0.3, -0.25) is 0 Å². The summed E-state index contributed by atoms with van der Waals surface area (Å²) in [6.45, 7) is 12.0. The fourth-order valence-corrected chi connectivity index (χ4v) is 3.84. The summed E-state index contributed by atoms with van der Waals surface area (Å²) in [7, 11) is 0. The average Bonchev–Trinajstić information content (AvgIpc) is 3.15. The van der Waals surface area contributed by atoms with Crippen LogP contribution in [0.15, 0.2) is 5.38 Å². The predicted octanol–water partition coefficient (Wildman–Crippen LogP) is 4.81. The Hall–Kier alpha value is -2.11. The molecule has 174 valence electrons. The molecule has 1 heterocycles. The molecular weight excluding hydrogens is 416 g/mol. The molecule has 2 atom stereocenters. The van der Waals surface area contributed by atoms with E-state index in [0.29, 0.717) is 18.0 Å². The van der Waals surface area contributed by atoms with Crippen molar-refractivity contribution in [3.05, 3.63) is 16.1 Å². The van der Waals surface area contributed by atoms with Crippen molar-refractivity contribution in [3.8, 4) is 12.3 Å². The first-order valence-corrected chi connectivity index (χ1v) is 11.6. The third-order valence-electron chi connectivity index (χ3n) is 4.52. The minimum Gasteiger partial charge on any atom is -0.461 e. The van der Waals surface area contributed by atoms with Gasteiger partial charge < -0.3 is 19.5 Å². The Kier molecular flexibility index (Phi) is 11.0. The van der Waals surface area contributed by atoms with E-state index in [0.717, 1.165) is 12.8 Å². The molecule has 0 saturated heterocycles. The van der Waals surface area contributed by atoms with Crippen LogP contribution in [-0.2, 0) is 9.47 Å². The first-order valence-electron chi connectivity index (χ1n) is 10.7. The summed E-state index contributed by atoms with van der Waals surface area (Å²) in [6.07, 6.45) is 6.48. The van der Waals surface area contributed by atoms with Gasteiger partial charge >= 0.3 is 12.1 Å². The highest BCUT2D eigenvalue weighted by Crippen LogP contribution is 2.28. The van der Waals surface area contributed by atoms with Crippen molar-refractivity contribution in [1.29, 1.82) is 0 Å². The molecule has 0 spiro atoms. The summed E-state index contributed by atoms with van der Waals surface area (Å²) >= 11 is 1.20. The molecule has 8 heteroatoms. The van der Waals surface area contributed by atoms with E-state index in [2.05, 4.69) is 10.9 Å².